The second-order valence-electron chi connectivity index (χ2n) is 3.09. The first kappa shape index (κ1) is 13.0. The zero-order chi connectivity index (χ0) is 12.7. The quantitative estimate of drug-likeness (QED) is 0.522. The molecule has 1 rings (SSSR count). The summed E-state index contributed by atoms with van der Waals surface area (Å²) in [5.41, 5.74) is 11.0. The van der Waals surface area contributed by atoms with Gasteiger partial charge in [0.15, 0.2) is 5.82 Å². The average molecular weight is 241 g/mol. The summed E-state index contributed by atoms with van der Waals surface area (Å²) in [5, 5.41) is 2.93. The van der Waals surface area contributed by atoms with Gasteiger partial charge in [-0.25, -0.2) is 4.98 Å². The van der Waals surface area contributed by atoms with Crippen molar-refractivity contribution in [1.82, 2.24) is 9.97 Å². The lowest BCUT2D eigenvalue weighted by atomic mass is 10.4. The lowest BCUT2D eigenvalue weighted by molar-refractivity contribution is -0.122. The summed E-state index contributed by atoms with van der Waals surface area (Å²) in [6, 6.07) is 0. The van der Waals surface area contributed by atoms with E-state index in [1.54, 1.807) is 0 Å². The van der Waals surface area contributed by atoms with Crippen molar-refractivity contribution in [2.24, 2.45) is 5.73 Å². The molecule has 94 valence electrons. The molecule has 0 aliphatic carbocycles. The van der Waals surface area contributed by atoms with Crippen LogP contribution in [-0.4, -0.2) is 42.7 Å². The van der Waals surface area contributed by atoms with Crippen LogP contribution in [0.1, 0.15) is 0 Å². The summed E-state index contributed by atoms with van der Waals surface area (Å²) in [4.78, 5) is 18.2. The van der Waals surface area contributed by atoms with Crippen molar-refractivity contribution >= 4 is 17.4 Å². The van der Waals surface area contributed by atoms with E-state index in [0.29, 0.717) is 30.5 Å². The molecule has 0 aromatic carbocycles. The van der Waals surface area contributed by atoms with Gasteiger partial charge in [-0.15, -0.1) is 0 Å². The molecule has 0 saturated carbocycles. The SMILES string of the molecule is COc1ncnc(NCCOCC(N)=O)c1N. The number of nitrogens with one attached hydrogen (secondary N) is 1. The van der Waals surface area contributed by atoms with Crippen molar-refractivity contribution < 1.29 is 14.3 Å². The maximum absolute atomic E-state index is 10.4. The van der Waals surface area contributed by atoms with Gasteiger partial charge < -0.3 is 26.3 Å². The van der Waals surface area contributed by atoms with Crippen LogP contribution < -0.4 is 21.5 Å². The zero-order valence-electron chi connectivity index (χ0n) is 9.47. The van der Waals surface area contributed by atoms with E-state index in [0.717, 1.165) is 0 Å². The van der Waals surface area contributed by atoms with E-state index >= 15 is 0 Å². The Labute approximate surface area is 98.3 Å². The molecule has 0 spiro atoms. The van der Waals surface area contributed by atoms with Crippen molar-refractivity contribution in [2.75, 3.05) is 37.9 Å². The van der Waals surface area contributed by atoms with Gasteiger partial charge >= 0.3 is 0 Å². The smallest absolute Gasteiger partial charge is 0.243 e. The van der Waals surface area contributed by atoms with Crippen LogP contribution in [0.5, 0.6) is 5.88 Å². The van der Waals surface area contributed by atoms with Gasteiger partial charge in [-0.2, -0.15) is 4.98 Å². The number of carbonyl (C=O) groups excluding carboxylic acids is 1. The topological polar surface area (TPSA) is 125 Å². The van der Waals surface area contributed by atoms with E-state index in [4.69, 9.17) is 20.9 Å². The third kappa shape index (κ3) is 4.11. The first-order valence-electron chi connectivity index (χ1n) is 4.89. The van der Waals surface area contributed by atoms with Crippen LogP contribution in [0.15, 0.2) is 6.33 Å². The molecule has 0 aliphatic rings. The Balaban J connectivity index is 2.39. The number of hydrogen-bond acceptors (Lipinski definition) is 7. The predicted octanol–water partition coefficient (Wildman–Crippen LogP) is -1.02. The van der Waals surface area contributed by atoms with Gasteiger partial charge in [-0.1, -0.05) is 0 Å². The minimum atomic E-state index is -0.506. The number of aromatic nitrogens is 2. The Bertz CT molecular complexity index is 385. The Hall–Kier alpha value is -2.09. The van der Waals surface area contributed by atoms with Crippen LogP contribution in [0.25, 0.3) is 0 Å². The highest BCUT2D eigenvalue weighted by Crippen LogP contribution is 2.23. The first-order chi connectivity index (χ1) is 8.15. The van der Waals surface area contributed by atoms with Gasteiger partial charge in [0.05, 0.1) is 13.7 Å². The van der Waals surface area contributed by atoms with Crippen LogP contribution in [0.3, 0.4) is 0 Å². The fourth-order valence-electron chi connectivity index (χ4n) is 1.10. The molecule has 0 radical (unpaired) electrons. The van der Waals surface area contributed by atoms with Crippen molar-refractivity contribution in [3.8, 4) is 5.88 Å². The van der Waals surface area contributed by atoms with E-state index in [1.165, 1.54) is 13.4 Å². The Morgan fingerprint density at radius 1 is 1.53 bits per heavy atom. The number of anilines is 2. The predicted molar refractivity (Wildman–Crippen MR) is 61.5 cm³/mol. The number of hydrogen-bond donors (Lipinski definition) is 3. The number of ether oxygens (including phenoxy) is 2. The van der Waals surface area contributed by atoms with Crippen molar-refractivity contribution in [3.05, 3.63) is 6.33 Å². The van der Waals surface area contributed by atoms with Crippen LogP contribution in [0.4, 0.5) is 11.5 Å². The number of nitrogen functional groups attached to an aromatic ring is 1. The summed E-state index contributed by atoms with van der Waals surface area (Å²) in [7, 11) is 1.47. The van der Waals surface area contributed by atoms with E-state index in [1.807, 2.05) is 0 Å². The molecule has 8 heteroatoms. The number of amides is 1. The highest BCUT2D eigenvalue weighted by molar-refractivity contribution is 5.75. The third-order valence-electron chi connectivity index (χ3n) is 1.82. The maximum atomic E-state index is 10.4. The minimum Gasteiger partial charge on any atom is -0.479 e. The molecule has 1 aromatic rings. The molecule has 0 aliphatic heterocycles. The number of methoxy groups -OCH3 is 1. The molecule has 0 fully saturated rings. The molecule has 8 nitrogen and oxygen atoms in total. The van der Waals surface area contributed by atoms with Crippen LogP contribution in [-0.2, 0) is 9.53 Å². The van der Waals surface area contributed by atoms with E-state index in [2.05, 4.69) is 15.3 Å². The highest BCUT2D eigenvalue weighted by Gasteiger charge is 2.07. The third-order valence-corrected chi connectivity index (χ3v) is 1.82. The van der Waals surface area contributed by atoms with Crippen LogP contribution in [0, 0.1) is 0 Å². The Morgan fingerprint density at radius 3 is 2.94 bits per heavy atom. The zero-order valence-corrected chi connectivity index (χ0v) is 9.47. The van der Waals surface area contributed by atoms with Gasteiger partial charge in [0.25, 0.3) is 0 Å². The largest absolute Gasteiger partial charge is 0.479 e. The lowest BCUT2D eigenvalue weighted by Gasteiger charge is -2.09. The Kier molecular flexibility index (Phi) is 4.95. The second-order valence-corrected chi connectivity index (χ2v) is 3.09. The summed E-state index contributed by atoms with van der Waals surface area (Å²) < 4.78 is 9.90. The number of nitrogens with zero attached hydrogens (tertiary/aromatic N) is 2. The summed E-state index contributed by atoms with van der Waals surface area (Å²) in [6.45, 7) is 0.649. The summed E-state index contributed by atoms with van der Waals surface area (Å²) in [6.07, 6.45) is 1.34. The number of carbonyl (C=O) groups is 1. The molecule has 0 bridgehead atoms. The van der Waals surface area contributed by atoms with Crippen molar-refractivity contribution in [2.45, 2.75) is 0 Å². The van der Waals surface area contributed by atoms with Gasteiger partial charge in [-0.3, -0.25) is 4.79 Å². The fraction of sp³-hybridized carbons (Fsp3) is 0.444. The van der Waals surface area contributed by atoms with Gasteiger partial charge in [-0.05, 0) is 0 Å². The van der Waals surface area contributed by atoms with Gasteiger partial charge in [0.2, 0.25) is 11.8 Å². The van der Waals surface area contributed by atoms with Gasteiger partial charge in [0, 0.05) is 6.54 Å². The fourth-order valence-corrected chi connectivity index (χ4v) is 1.10. The van der Waals surface area contributed by atoms with E-state index in [9.17, 15) is 4.79 Å². The second kappa shape index (κ2) is 6.48. The maximum Gasteiger partial charge on any atom is 0.243 e. The standard InChI is InChI=1S/C9H15N5O3/c1-16-9-7(11)8(13-5-14-9)12-2-3-17-4-6(10)15/h5H,2-4,11H2,1H3,(H2,10,15)(H,12,13,14). The molecule has 17 heavy (non-hydrogen) atoms. The lowest BCUT2D eigenvalue weighted by Crippen LogP contribution is -2.21. The molecule has 5 N–H and O–H groups in total. The summed E-state index contributed by atoms with van der Waals surface area (Å²) in [5.74, 6) is 0.258. The monoisotopic (exact) mass is 241 g/mol. The number of rotatable bonds is 7. The summed E-state index contributed by atoms with van der Waals surface area (Å²) >= 11 is 0. The molecule has 0 unspecified atom stereocenters. The molecule has 0 saturated heterocycles. The van der Waals surface area contributed by atoms with Crippen molar-refractivity contribution in [3.63, 3.8) is 0 Å². The first-order valence-corrected chi connectivity index (χ1v) is 4.89. The van der Waals surface area contributed by atoms with Crippen LogP contribution >= 0.6 is 0 Å². The highest BCUT2D eigenvalue weighted by atomic mass is 16.5. The molecule has 1 aromatic heterocycles. The van der Waals surface area contributed by atoms with E-state index < -0.39 is 5.91 Å². The van der Waals surface area contributed by atoms with E-state index in [-0.39, 0.29) is 6.61 Å². The molecular weight excluding hydrogens is 226 g/mol. The molecular formula is C9H15N5O3. The normalized spacial score (nSPS) is 9.94. The van der Waals surface area contributed by atoms with Crippen molar-refractivity contribution in [1.29, 1.82) is 0 Å². The van der Waals surface area contributed by atoms with Crippen LogP contribution in [0.2, 0.25) is 0 Å². The molecule has 0 atom stereocenters. The average Bonchev–Trinajstić information content (AvgIpc) is 2.30. The Morgan fingerprint density at radius 2 is 2.29 bits per heavy atom. The number of primary amides is 1. The molecule has 1 amide bonds. The number of nitrogens with two attached hydrogens (primary N) is 2. The molecule has 1 heterocycles. The van der Waals surface area contributed by atoms with Gasteiger partial charge in [0.1, 0.15) is 18.6 Å². The minimum absolute atomic E-state index is 0.107.